The van der Waals surface area contributed by atoms with Crippen LogP contribution in [0, 0.1) is 0 Å². The molecule has 0 saturated carbocycles. The fourth-order valence-electron chi connectivity index (χ4n) is 2.78. The average molecular weight is 399 g/mol. The third-order valence-corrected chi connectivity index (χ3v) is 4.01. The molecular weight excluding hydrogens is 387 g/mol. The van der Waals surface area contributed by atoms with Crippen LogP contribution < -0.4 is 10.5 Å². The van der Waals surface area contributed by atoms with Crippen molar-refractivity contribution in [3.8, 4) is 22.8 Å². The molecule has 2 heterocycles. The third kappa shape index (κ3) is 3.72. The first-order chi connectivity index (χ1) is 13.8. The van der Waals surface area contributed by atoms with Crippen molar-refractivity contribution in [1.29, 1.82) is 0 Å². The minimum atomic E-state index is -4.79. The van der Waals surface area contributed by atoms with E-state index in [0.29, 0.717) is 11.2 Å². The number of carbonyl (C=O) groups is 1. The number of halogens is 3. The number of amides is 1. The SMILES string of the molecule is NC(=O)c1nc(-c2ccc(OC(F)(F)F)cc2)nc2c1ncn2-c1ccccc1. The number of nitrogens with zero attached hydrogens (tertiary/aromatic N) is 4. The molecule has 0 spiro atoms. The highest BCUT2D eigenvalue weighted by molar-refractivity contribution is 6.02. The van der Waals surface area contributed by atoms with Gasteiger partial charge in [0.2, 0.25) is 0 Å². The fourth-order valence-corrected chi connectivity index (χ4v) is 2.78. The van der Waals surface area contributed by atoms with Gasteiger partial charge in [-0.05, 0) is 36.4 Å². The number of fused-ring (bicyclic) bond motifs is 1. The minimum Gasteiger partial charge on any atom is -0.406 e. The minimum absolute atomic E-state index is 0.0877. The summed E-state index contributed by atoms with van der Waals surface area (Å²) in [6.45, 7) is 0. The van der Waals surface area contributed by atoms with Gasteiger partial charge in [0.05, 0.1) is 0 Å². The molecule has 2 aromatic carbocycles. The van der Waals surface area contributed by atoms with E-state index >= 15 is 0 Å². The van der Waals surface area contributed by atoms with Crippen LogP contribution in [0.2, 0.25) is 0 Å². The second-order valence-electron chi connectivity index (χ2n) is 5.95. The summed E-state index contributed by atoms with van der Waals surface area (Å²) >= 11 is 0. The van der Waals surface area contributed by atoms with E-state index in [4.69, 9.17) is 5.73 Å². The van der Waals surface area contributed by atoms with E-state index in [1.165, 1.54) is 18.5 Å². The molecule has 0 atom stereocenters. The van der Waals surface area contributed by atoms with Crippen LogP contribution in [0.25, 0.3) is 28.2 Å². The monoisotopic (exact) mass is 399 g/mol. The summed E-state index contributed by atoms with van der Waals surface area (Å²) in [5.74, 6) is -1.07. The van der Waals surface area contributed by atoms with Crippen LogP contribution in [0.3, 0.4) is 0 Å². The number of hydrogen-bond donors (Lipinski definition) is 1. The van der Waals surface area contributed by atoms with E-state index < -0.39 is 12.3 Å². The molecule has 4 rings (SSSR count). The van der Waals surface area contributed by atoms with Crippen molar-refractivity contribution < 1.29 is 22.7 Å². The van der Waals surface area contributed by atoms with Crippen molar-refractivity contribution in [2.75, 3.05) is 0 Å². The number of alkyl halides is 3. The number of carbonyl (C=O) groups excluding carboxylic acids is 1. The van der Waals surface area contributed by atoms with Gasteiger partial charge in [0.1, 0.15) is 17.6 Å². The Bertz CT molecular complexity index is 1190. The van der Waals surface area contributed by atoms with Gasteiger partial charge >= 0.3 is 6.36 Å². The van der Waals surface area contributed by atoms with Crippen LogP contribution in [0.1, 0.15) is 10.5 Å². The van der Waals surface area contributed by atoms with Gasteiger partial charge in [-0.2, -0.15) is 0 Å². The predicted octanol–water partition coefficient (Wildman–Crippen LogP) is 3.48. The second-order valence-corrected chi connectivity index (χ2v) is 5.95. The Morgan fingerprint density at radius 2 is 1.69 bits per heavy atom. The molecule has 4 aromatic rings. The molecule has 1 amide bonds. The zero-order chi connectivity index (χ0) is 20.6. The zero-order valence-corrected chi connectivity index (χ0v) is 14.6. The number of aromatic nitrogens is 4. The van der Waals surface area contributed by atoms with E-state index in [2.05, 4.69) is 19.7 Å². The number of primary amides is 1. The maximum Gasteiger partial charge on any atom is 0.573 e. The molecule has 0 saturated heterocycles. The normalized spacial score (nSPS) is 11.6. The quantitative estimate of drug-likeness (QED) is 0.567. The maximum absolute atomic E-state index is 12.3. The van der Waals surface area contributed by atoms with E-state index in [9.17, 15) is 18.0 Å². The van der Waals surface area contributed by atoms with Gasteiger partial charge in [0.25, 0.3) is 5.91 Å². The van der Waals surface area contributed by atoms with Gasteiger partial charge in [-0.1, -0.05) is 18.2 Å². The van der Waals surface area contributed by atoms with Crippen LogP contribution >= 0.6 is 0 Å². The summed E-state index contributed by atoms with van der Waals surface area (Å²) in [5.41, 5.74) is 7.05. The first kappa shape index (κ1) is 18.4. The maximum atomic E-state index is 12.3. The Morgan fingerprint density at radius 3 is 2.31 bits per heavy atom. The lowest BCUT2D eigenvalue weighted by Crippen LogP contribution is -2.17. The number of imidazole rings is 1. The van der Waals surface area contributed by atoms with Crippen molar-refractivity contribution in [2.24, 2.45) is 5.73 Å². The summed E-state index contributed by atoms with van der Waals surface area (Å²) in [6, 6.07) is 14.2. The van der Waals surface area contributed by atoms with Gasteiger partial charge in [0, 0.05) is 11.3 Å². The van der Waals surface area contributed by atoms with Crippen molar-refractivity contribution in [3.05, 3.63) is 66.6 Å². The first-order valence-electron chi connectivity index (χ1n) is 8.28. The Hall–Kier alpha value is -3.95. The number of hydrogen-bond acceptors (Lipinski definition) is 5. The van der Waals surface area contributed by atoms with Crippen LogP contribution in [0.5, 0.6) is 5.75 Å². The Labute approximate surface area is 161 Å². The number of benzene rings is 2. The topological polar surface area (TPSA) is 95.9 Å². The Morgan fingerprint density at radius 1 is 1.00 bits per heavy atom. The van der Waals surface area contributed by atoms with Crippen molar-refractivity contribution >= 4 is 17.1 Å². The van der Waals surface area contributed by atoms with E-state index in [0.717, 1.165) is 17.8 Å². The van der Waals surface area contributed by atoms with Gasteiger partial charge in [-0.3, -0.25) is 9.36 Å². The fraction of sp³-hybridized carbons (Fsp3) is 0.0526. The van der Waals surface area contributed by atoms with E-state index in [1.54, 1.807) is 4.57 Å². The van der Waals surface area contributed by atoms with Gasteiger partial charge < -0.3 is 10.5 Å². The van der Waals surface area contributed by atoms with E-state index in [1.807, 2.05) is 30.3 Å². The molecule has 0 unspecified atom stereocenters. The first-order valence-corrected chi connectivity index (χ1v) is 8.28. The van der Waals surface area contributed by atoms with Crippen molar-refractivity contribution in [3.63, 3.8) is 0 Å². The summed E-state index contributed by atoms with van der Waals surface area (Å²) < 4.78 is 42.6. The average Bonchev–Trinajstić information content (AvgIpc) is 3.11. The lowest BCUT2D eigenvalue weighted by molar-refractivity contribution is -0.274. The van der Waals surface area contributed by atoms with E-state index in [-0.39, 0.29) is 22.8 Å². The van der Waals surface area contributed by atoms with Crippen LogP contribution in [-0.4, -0.2) is 31.8 Å². The molecule has 2 aromatic heterocycles. The van der Waals surface area contributed by atoms with Crippen molar-refractivity contribution in [1.82, 2.24) is 19.5 Å². The van der Waals surface area contributed by atoms with Gasteiger partial charge in [0.15, 0.2) is 17.2 Å². The molecule has 29 heavy (non-hydrogen) atoms. The molecule has 0 aliphatic heterocycles. The summed E-state index contributed by atoms with van der Waals surface area (Å²) in [6.07, 6.45) is -3.30. The molecule has 0 aliphatic rings. The summed E-state index contributed by atoms with van der Waals surface area (Å²) in [4.78, 5) is 24.7. The van der Waals surface area contributed by atoms with Crippen LogP contribution in [0.4, 0.5) is 13.2 Å². The standard InChI is InChI=1S/C19H12F3N5O2/c20-19(21,22)29-13-8-6-11(7-9-13)17-25-14(16(23)28)15-18(26-17)27(10-24-15)12-4-2-1-3-5-12/h1-10H,(H2,23,28). The molecular formula is C19H12F3N5O2. The van der Waals surface area contributed by atoms with Crippen LogP contribution in [0.15, 0.2) is 60.9 Å². The lowest BCUT2D eigenvalue weighted by atomic mass is 10.2. The molecule has 0 bridgehead atoms. The highest BCUT2D eigenvalue weighted by atomic mass is 19.4. The predicted molar refractivity (Wildman–Crippen MR) is 97.3 cm³/mol. The number of nitrogens with two attached hydrogens (primary N) is 1. The molecule has 2 N–H and O–H groups in total. The highest BCUT2D eigenvalue weighted by Gasteiger charge is 2.31. The highest BCUT2D eigenvalue weighted by Crippen LogP contribution is 2.27. The smallest absolute Gasteiger partial charge is 0.406 e. The molecule has 7 nitrogen and oxygen atoms in total. The zero-order valence-electron chi connectivity index (χ0n) is 14.6. The van der Waals surface area contributed by atoms with Gasteiger partial charge in [-0.15, -0.1) is 13.2 Å². The number of para-hydroxylation sites is 1. The second kappa shape index (κ2) is 6.89. The number of ether oxygens (including phenoxy) is 1. The Kier molecular flexibility index (Phi) is 4.38. The number of rotatable bonds is 4. The Balaban J connectivity index is 1.84. The summed E-state index contributed by atoms with van der Waals surface area (Å²) in [5, 5.41) is 0. The van der Waals surface area contributed by atoms with Gasteiger partial charge in [-0.25, -0.2) is 15.0 Å². The molecule has 0 aliphatic carbocycles. The molecule has 0 fully saturated rings. The van der Waals surface area contributed by atoms with Crippen LogP contribution in [-0.2, 0) is 0 Å². The largest absolute Gasteiger partial charge is 0.573 e. The lowest BCUT2D eigenvalue weighted by Gasteiger charge is -2.10. The third-order valence-electron chi connectivity index (χ3n) is 4.01. The molecule has 146 valence electrons. The van der Waals surface area contributed by atoms with Crippen molar-refractivity contribution in [2.45, 2.75) is 6.36 Å². The molecule has 0 radical (unpaired) electrons. The molecule has 10 heteroatoms. The summed E-state index contributed by atoms with van der Waals surface area (Å²) in [7, 11) is 0.